The summed E-state index contributed by atoms with van der Waals surface area (Å²) < 4.78 is 5.53. The molecule has 1 N–H and O–H groups in total. The molecule has 1 aromatic heterocycles. The Morgan fingerprint density at radius 3 is 2.79 bits per heavy atom. The molecule has 1 amide bonds. The van der Waals surface area contributed by atoms with Crippen LogP contribution in [0.2, 0.25) is 0 Å². The number of benzene rings is 1. The van der Waals surface area contributed by atoms with Crippen LogP contribution in [0.15, 0.2) is 48.7 Å². The van der Waals surface area contributed by atoms with E-state index in [0.29, 0.717) is 18.1 Å². The molecule has 0 saturated carbocycles. The van der Waals surface area contributed by atoms with Gasteiger partial charge < -0.3 is 4.74 Å². The number of aromatic nitrogens is 1. The van der Waals surface area contributed by atoms with Gasteiger partial charge in [-0.3, -0.25) is 9.63 Å². The summed E-state index contributed by atoms with van der Waals surface area (Å²) in [6.07, 6.45) is 1.52. The lowest BCUT2D eigenvalue weighted by Crippen LogP contribution is -2.21. The van der Waals surface area contributed by atoms with Crippen LogP contribution in [0.25, 0.3) is 0 Å². The predicted octanol–water partition coefficient (Wildman–Crippen LogP) is 1.95. The van der Waals surface area contributed by atoms with Crippen molar-refractivity contribution in [1.82, 2.24) is 10.5 Å². The molecule has 0 aliphatic rings. The van der Waals surface area contributed by atoms with Gasteiger partial charge in [0.05, 0.1) is 7.11 Å². The van der Waals surface area contributed by atoms with Crippen molar-refractivity contribution in [3.05, 3.63) is 59.8 Å². The van der Waals surface area contributed by atoms with E-state index >= 15 is 0 Å². The molecule has 0 spiro atoms. The maximum absolute atomic E-state index is 11.6. The van der Waals surface area contributed by atoms with Crippen LogP contribution in [0.5, 0.6) is 5.88 Å². The predicted molar refractivity (Wildman–Crippen MR) is 69.5 cm³/mol. The number of ether oxygens (including phenoxy) is 1. The highest BCUT2D eigenvalue weighted by Gasteiger charge is 2.06. The molecule has 1 heterocycles. The van der Waals surface area contributed by atoms with Crippen molar-refractivity contribution < 1.29 is 14.4 Å². The van der Waals surface area contributed by atoms with E-state index in [2.05, 4.69) is 15.3 Å². The molecule has 0 aliphatic heterocycles. The van der Waals surface area contributed by atoms with Gasteiger partial charge in [-0.2, -0.15) is 0 Å². The molecule has 2 rings (SSSR count). The number of hydrogen-bond donors (Lipinski definition) is 1. The standard InChI is InChI=1S/C14H14N2O3/c1-18-16-14(17)12-7-8-15-13(9-12)19-10-11-5-3-2-4-6-11/h2-9H,10H2,1H3,(H,16,17). The van der Waals surface area contributed by atoms with Gasteiger partial charge in [0, 0.05) is 17.8 Å². The number of carbonyl (C=O) groups is 1. The molecule has 0 aliphatic carbocycles. The third-order valence-corrected chi connectivity index (χ3v) is 2.42. The molecule has 0 radical (unpaired) electrons. The second kappa shape index (κ2) is 6.51. The van der Waals surface area contributed by atoms with Gasteiger partial charge in [0.15, 0.2) is 0 Å². The second-order valence-corrected chi connectivity index (χ2v) is 3.79. The molecule has 5 nitrogen and oxygen atoms in total. The van der Waals surface area contributed by atoms with Crippen LogP contribution in [0, 0.1) is 0 Å². The molecule has 2 aromatic rings. The van der Waals surface area contributed by atoms with Crippen molar-refractivity contribution in [3.8, 4) is 5.88 Å². The molecule has 5 heteroatoms. The summed E-state index contributed by atoms with van der Waals surface area (Å²) in [6, 6.07) is 12.9. The van der Waals surface area contributed by atoms with Gasteiger partial charge in [0.2, 0.25) is 5.88 Å². The van der Waals surface area contributed by atoms with Crippen molar-refractivity contribution >= 4 is 5.91 Å². The Kier molecular flexibility index (Phi) is 4.47. The van der Waals surface area contributed by atoms with Crippen LogP contribution in [-0.4, -0.2) is 18.0 Å². The minimum absolute atomic E-state index is 0.338. The minimum atomic E-state index is -0.338. The Bertz CT molecular complexity index is 543. The number of pyridine rings is 1. The largest absolute Gasteiger partial charge is 0.473 e. The van der Waals surface area contributed by atoms with E-state index in [1.165, 1.54) is 13.3 Å². The van der Waals surface area contributed by atoms with Crippen molar-refractivity contribution in [2.24, 2.45) is 0 Å². The van der Waals surface area contributed by atoms with Gasteiger partial charge in [-0.15, -0.1) is 0 Å². The van der Waals surface area contributed by atoms with Crippen molar-refractivity contribution in [2.45, 2.75) is 6.61 Å². The first-order chi connectivity index (χ1) is 9.29. The van der Waals surface area contributed by atoms with Crippen LogP contribution >= 0.6 is 0 Å². The normalized spacial score (nSPS) is 9.95. The molecule has 1 aromatic carbocycles. The highest BCUT2D eigenvalue weighted by Crippen LogP contribution is 2.11. The number of nitrogens with one attached hydrogen (secondary N) is 1. The van der Waals surface area contributed by atoms with Crippen molar-refractivity contribution in [3.63, 3.8) is 0 Å². The average Bonchev–Trinajstić information content (AvgIpc) is 2.47. The van der Waals surface area contributed by atoms with Gasteiger partial charge >= 0.3 is 0 Å². The number of amides is 1. The fraction of sp³-hybridized carbons (Fsp3) is 0.143. The molecule has 0 unspecified atom stereocenters. The van der Waals surface area contributed by atoms with Gasteiger partial charge in [-0.1, -0.05) is 30.3 Å². The number of carbonyl (C=O) groups excluding carboxylic acids is 1. The lowest BCUT2D eigenvalue weighted by Gasteiger charge is -2.07. The zero-order valence-corrected chi connectivity index (χ0v) is 10.5. The van der Waals surface area contributed by atoms with Gasteiger partial charge in [0.25, 0.3) is 5.91 Å². The molecule has 0 bridgehead atoms. The smallest absolute Gasteiger partial charge is 0.275 e. The average molecular weight is 258 g/mol. The number of nitrogens with zero attached hydrogens (tertiary/aromatic N) is 1. The van der Waals surface area contributed by atoms with Crippen LogP contribution < -0.4 is 10.2 Å². The number of rotatable bonds is 5. The Balaban J connectivity index is 2.01. The van der Waals surface area contributed by atoms with Gasteiger partial charge in [-0.25, -0.2) is 10.5 Å². The minimum Gasteiger partial charge on any atom is -0.473 e. The molecule has 0 fully saturated rings. The fourth-order valence-corrected chi connectivity index (χ4v) is 1.51. The third kappa shape index (κ3) is 3.79. The van der Waals surface area contributed by atoms with Gasteiger partial charge in [0.1, 0.15) is 6.61 Å². The highest BCUT2D eigenvalue weighted by molar-refractivity contribution is 5.93. The van der Waals surface area contributed by atoms with E-state index in [1.807, 2.05) is 30.3 Å². The zero-order valence-electron chi connectivity index (χ0n) is 10.5. The summed E-state index contributed by atoms with van der Waals surface area (Å²) in [4.78, 5) is 20.2. The summed E-state index contributed by atoms with van der Waals surface area (Å²) in [6.45, 7) is 0.406. The van der Waals surface area contributed by atoms with Crippen LogP contribution in [0.4, 0.5) is 0 Å². The van der Waals surface area contributed by atoms with E-state index in [-0.39, 0.29) is 5.91 Å². The molecule has 0 saturated heterocycles. The Hall–Kier alpha value is -2.40. The van der Waals surface area contributed by atoms with Gasteiger partial charge in [-0.05, 0) is 11.6 Å². The van der Waals surface area contributed by atoms with E-state index in [9.17, 15) is 4.79 Å². The Morgan fingerprint density at radius 2 is 2.05 bits per heavy atom. The number of hydrogen-bond acceptors (Lipinski definition) is 4. The maximum atomic E-state index is 11.6. The first-order valence-electron chi connectivity index (χ1n) is 5.75. The van der Waals surface area contributed by atoms with E-state index in [1.54, 1.807) is 12.1 Å². The topological polar surface area (TPSA) is 60.5 Å². The zero-order chi connectivity index (χ0) is 13.5. The first-order valence-corrected chi connectivity index (χ1v) is 5.75. The molecular formula is C14H14N2O3. The summed E-state index contributed by atoms with van der Waals surface area (Å²) >= 11 is 0. The number of hydroxylamine groups is 1. The Labute approximate surface area is 111 Å². The lowest BCUT2D eigenvalue weighted by atomic mass is 10.2. The summed E-state index contributed by atoms with van der Waals surface area (Å²) in [5.41, 5.74) is 3.71. The molecular weight excluding hydrogens is 244 g/mol. The lowest BCUT2D eigenvalue weighted by molar-refractivity contribution is 0.0537. The second-order valence-electron chi connectivity index (χ2n) is 3.79. The van der Waals surface area contributed by atoms with Crippen LogP contribution in [-0.2, 0) is 11.4 Å². The monoisotopic (exact) mass is 258 g/mol. The summed E-state index contributed by atoms with van der Waals surface area (Å²) in [5, 5.41) is 0. The van der Waals surface area contributed by atoms with E-state index < -0.39 is 0 Å². The van der Waals surface area contributed by atoms with Crippen molar-refractivity contribution in [2.75, 3.05) is 7.11 Å². The van der Waals surface area contributed by atoms with E-state index in [4.69, 9.17) is 4.74 Å². The first kappa shape index (κ1) is 13.0. The summed E-state index contributed by atoms with van der Waals surface area (Å²) in [7, 11) is 1.38. The Morgan fingerprint density at radius 1 is 1.26 bits per heavy atom. The maximum Gasteiger partial charge on any atom is 0.275 e. The molecule has 19 heavy (non-hydrogen) atoms. The van der Waals surface area contributed by atoms with E-state index in [0.717, 1.165) is 5.56 Å². The molecule has 98 valence electrons. The fourth-order valence-electron chi connectivity index (χ4n) is 1.51. The highest BCUT2D eigenvalue weighted by atomic mass is 16.6. The summed E-state index contributed by atoms with van der Waals surface area (Å²) in [5.74, 6) is 0.0575. The van der Waals surface area contributed by atoms with Crippen LogP contribution in [0.1, 0.15) is 15.9 Å². The quantitative estimate of drug-likeness (QED) is 0.833. The van der Waals surface area contributed by atoms with Crippen molar-refractivity contribution in [1.29, 1.82) is 0 Å². The molecule has 0 atom stereocenters. The third-order valence-electron chi connectivity index (χ3n) is 2.42. The van der Waals surface area contributed by atoms with Crippen LogP contribution in [0.3, 0.4) is 0 Å². The SMILES string of the molecule is CONC(=O)c1ccnc(OCc2ccccc2)c1.